The van der Waals surface area contributed by atoms with Crippen LogP contribution in [0.3, 0.4) is 0 Å². The predicted octanol–water partition coefficient (Wildman–Crippen LogP) is 2.55. The fraction of sp³-hybridized carbons (Fsp3) is 0.900. The normalized spacial score (nSPS) is 24.7. The molecule has 25 heavy (non-hydrogen) atoms. The summed E-state index contributed by atoms with van der Waals surface area (Å²) in [5.74, 6) is 0.717. The van der Waals surface area contributed by atoms with Gasteiger partial charge in [0.15, 0.2) is 0 Å². The molecule has 2 heterocycles. The lowest BCUT2D eigenvalue weighted by Gasteiger charge is -2.33. The Bertz CT molecular complexity index is 432. The van der Waals surface area contributed by atoms with Crippen LogP contribution in [0.4, 0.5) is 0 Å². The molecular weight excluding hydrogens is 314 g/mol. The van der Waals surface area contributed by atoms with Crippen molar-refractivity contribution < 1.29 is 9.59 Å². The molecule has 0 spiro atoms. The topological polar surface area (TPSA) is 52.7 Å². The van der Waals surface area contributed by atoms with Gasteiger partial charge >= 0.3 is 0 Å². The van der Waals surface area contributed by atoms with Gasteiger partial charge in [0.1, 0.15) is 0 Å². The zero-order valence-corrected chi connectivity index (χ0v) is 15.7. The number of piperidine rings is 1. The van der Waals surface area contributed by atoms with Gasteiger partial charge < -0.3 is 10.2 Å². The van der Waals surface area contributed by atoms with Crippen LogP contribution in [-0.4, -0.2) is 60.4 Å². The molecule has 0 aromatic heterocycles. The highest BCUT2D eigenvalue weighted by Gasteiger charge is 2.30. The van der Waals surface area contributed by atoms with E-state index in [0.29, 0.717) is 18.5 Å². The van der Waals surface area contributed by atoms with Crippen LogP contribution in [0.25, 0.3) is 0 Å². The number of likely N-dealkylation sites (tertiary alicyclic amines) is 2. The third-order valence-corrected chi connectivity index (χ3v) is 6.19. The molecular formula is C20H35N3O2. The number of rotatable bonds is 4. The van der Waals surface area contributed by atoms with Crippen LogP contribution in [0.15, 0.2) is 0 Å². The average Bonchev–Trinajstić information content (AvgIpc) is 3.12. The van der Waals surface area contributed by atoms with Crippen molar-refractivity contribution in [3.05, 3.63) is 0 Å². The van der Waals surface area contributed by atoms with Gasteiger partial charge in [0.25, 0.3) is 0 Å². The summed E-state index contributed by atoms with van der Waals surface area (Å²) < 4.78 is 0. The van der Waals surface area contributed by atoms with Crippen molar-refractivity contribution in [1.82, 2.24) is 15.1 Å². The Balaban J connectivity index is 1.36. The van der Waals surface area contributed by atoms with Gasteiger partial charge in [-0.1, -0.05) is 32.1 Å². The lowest BCUT2D eigenvalue weighted by molar-refractivity contribution is -0.136. The highest BCUT2D eigenvalue weighted by atomic mass is 16.2. The van der Waals surface area contributed by atoms with Crippen molar-refractivity contribution in [2.24, 2.45) is 5.92 Å². The number of hydrogen-bond acceptors (Lipinski definition) is 3. The van der Waals surface area contributed by atoms with E-state index in [1.54, 1.807) is 0 Å². The molecule has 2 amide bonds. The third kappa shape index (κ3) is 5.70. The van der Waals surface area contributed by atoms with E-state index in [9.17, 15) is 9.59 Å². The number of nitrogens with zero attached hydrogens (tertiary/aromatic N) is 2. The molecule has 5 heteroatoms. The molecule has 0 aromatic carbocycles. The summed E-state index contributed by atoms with van der Waals surface area (Å²) in [5, 5.41) is 3.26. The summed E-state index contributed by atoms with van der Waals surface area (Å²) in [7, 11) is 0. The highest BCUT2D eigenvalue weighted by molar-refractivity contribution is 5.80. The molecule has 0 aromatic rings. The summed E-state index contributed by atoms with van der Waals surface area (Å²) in [5.41, 5.74) is 0. The molecule has 5 nitrogen and oxygen atoms in total. The number of carbonyl (C=O) groups is 2. The summed E-state index contributed by atoms with van der Waals surface area (Å²) in [6, 6.07) is 0.377. The molecule has 2 saturated heterocycles. The van der Waals surface area contributed by atoms with Crippen LogP contribution in [0.2, 0.25) is 0 Å². The summed E-state index contributed by atoms with van der Waals surface area (Å²) in [6.07, 6.45) is 12.9. The Morgan fingerprint density at radius 1 is 0.760 bits per heavy atom. The van der Waals surface area contributed by atoms with Gasteiger partial charge in [-0.2, -0.15) is 0 Å². The number of carbonyl (C=O) groups excluding carboxylic acids is 2. The SMILES string of the molecule is O=C(CN1CCC(C(=O)N2CCCC2)CC1)NC1CCCCCCC1. The van der Waals surface area contributed by atoms with Gasteiger partial charge in [-0.25, -0.2) is 0 Å². The minimum atomic E-state index is 0.176. The van der Waals surface area contributed by atoms with Gasteiger partial charge in [-0.3, -0.25) is 14.5 Å². The fourth-order valence-corrected chi connectivity index (χ4v) is 4.61. The number of amides is 2. The Labute approximate surface area is 152 Å². The Hall–Kier alpha value is -1.10. The first-order valence-corrected chi connectivity index (χ1v) is 10.5. The van der Waals surface area contributed by atoms with Crippen molar-refractivity contribution in [1.29, 1.82) is 0 Å². The fourth-order valence-electron chi connectivity index (χ4n) is 4.61. The van der Waals surface area contributed by atoms with Crippen LogP contribution < -0.4 is 5.32 Å². The van der Waals surface area contributed by atoms with E-state index in [1.807, 2.05) is 4.90 Å². The van der Waals surface area contributed by atoms with E-state index in [2.05, 4.69) is 10.2 Å². The van der Waals surface area contributed by atoms with Crippen LogP contribution in [0, 0.1) is 5.92 Å². The molecule has 2 aliphatic heterocycles. The monoisotopic (exact) mass is 349 g/mol. The van der Waals surface area contributed by atoms with E-state index in [-0.39, 0.29) is 11.8 Å². The molecule has 3 aliphatic rings. The molecule has 0 bridgehead atoms. The Kier molecular flexibility index (Phi) is 7.14. The quantitative estimate of drug-likeness (QED) is 0.849. The van der Waals surface area contributed by atoms with Gasteiger partial charge in [-0.05, 0) is 51.6 Å². The Morgan fingerprint density at radius 3 is 2.00 bits per heavy atom. The first kappa shape index (κ1) is 18.7. The van der Waals surface area contributed by atoms with Crippen molar-refractivity contribution >= 4 is 11.8 Å². The maximum Gasteiger partial charge on any atom is 0.234 e. The molecule has 1 N–H and O–H groups in total. The second kappa shape index (κ2) is 9.56. The van der Waals surface area contributed by atoms with Gasteiger partial charge in [0.05, 0.1) is 6.54 Å². The molecule has 1 saturated carbocycles. The summed E-state index contributed by atoms with van der Waals surface area (Å²) in [4.78, 5) is 29.1. The highest BCUT2D eigenvalue weighted by Crippen LogP contribution is 2.22. The maximum atomic E-state index is 12.5. The first-order valence-electron chi connectivity index (χ1n) is 10.5. The molecule has 3 rings (SSSR count). The van der Waals surface area contributed by atoms with E-state index >= 15 is 0 Å². The molecule has 0 unspecified atom stereocenters. The van der Waals surface area contributed by atoms with Gasteiger partial charge in [0.2, 0.25) is 11.8 Å². The van der Waals surface area contributed by atoms with Crippen LogP contribution in [0.1, 0.15) is 70.6 Å². The predicted molar refractivity (Wildman–Crippen MR) is 99.2 cm³/mol. The van der Waals surface area contributed by atoms with E-state index in [0.717, 1.165) is 64.7 Å². The minimum Gasteiger partial charge on any atom is -0.352 e. The van der Waals surface area contributed by atoms with Crippen LogP contribution in [-0.2, 0) is 9.59 Å². The average molecular weight is 350 g/mol. The van der Waals surface area contributed by atoms with Gasteiger partial charge in [-0.15, -0.1) is 0 Å². The lowest BCUT2D eigenvalue weighted by Crippen LogP contribution is -2.46. The number of hydrogen-bond donors (Lipinski definition) is 1. The zero-order chi connectivity index (χ0) is 17.5. The molecule has 142 valence electrons. The van der Waals surface area contributed by atoms with Crippen molar-refractivity contribution in [3.63, 3.8) is 0 Å². The van der Waals surface area contributed by atoms with E-state index < -0.39 is 0 Å². The van der Waals surface area contributed by atoms with Crippen LogP contribution >= 0.6 is 0 Å². The van der Waals surface area contributed by atoms with E-state index in [4.69, 9.17) is 0 Å². The summed E-state index contributed by atoms with van der Waals surface area (Å²) in [6.45, 7) is 4.15. The molecule has 0 radical (unpaired) electrons. The van der Waals surface area contributed by atoms with Gasteiger partial charge in [0, 0.05) is 25.0 Å². The largest absolute Gasteiger partial charge is 0.352 e. The second-order valence-corrected chi connectivity index (χ2v) is 8.19. The first-order chi connectivity index (χ1) is 12.2. The standard InChI is InChI=1S/C20H35N3O2/c24-19(21-18-8-4-2-1-3-5-9-18)16-22-14-10-17(11-15-22)20(25)23-12-6-7-13-23/h17-18H,1-16H2,(H,21,24). The van der Waals surface area contributed by atoms with E-state index in [1.165, 1.54) is 32.1 Å². The molecule has 0 atom stereocenters. The summed E-state index contributed by atoms with van der Waals surface area (Å²) >= 11 is 0. The molecule has 3 fully saturated rings. The minimum absolute atomic E-state index is 0.176. The zero-order valence-electron chi connectivity index (χ0n) is 15.7. The Morgan fingerprint density at radius 2 is 1.36 bits per heavy atom. The van der Waals surface area contributed by atoms with Crippen molar-refractivity contribution in [3.8, 4) is 0 Å². The third-order valence-electron chi connectivity index (χ3n) is 6.19. The second-order valence-electron chi connectivity index (χ2n) is 8.19. The maximum absolute atomic E-state index is 12.5. The molecule has 1 aliphatic carbocycles. The smallest absolute Gasteiger partial charge is 0.234 e. The lowest BCUT2D eigenvalue weighted by atomic mass is 9.95. The van der Waals surface area contributed by atoms with Crippen LogP contribution in [0.5, 0.6) is 0 Å². The van der Waals surface area contributed by atoms with Crippen molar-refractivity contribution in [2.45, 2.75) is 76.7 Å². The van der Waals surface area contributed by atoms with Crippen molar-refractivity contribution in [2.75, 3.05) is 32.7 Å². The number of nitrogens with one attached hydrogen (secondary N) is 1.